The van der Waals surface area contributed by atoms with Gasteiger partial charge in [0.25, 0.3) is 0 Å². The van der Waals surface area contributed by atoms with Crippen molar-refractivity contribution >= 4 is 11.9 Å². The Labute approximate surface area is 105 Å². The number of carboxylic acids is 1. The summed E-state index contributed by atoms with van der Waals surface area (Å²) in [6, 6.07) is 0. The molecular formula is C9H11F4O6-. The van der Waals surface area contributed by atoms with Gasteiger partial charge in [0.1, 0.15) is 12.6 Å². The molecule has 0 aliphatic rings. The highest BCUT2D eigenvalue weighted by Gasteiger charge is 2.64. The van der Waals surface area contributed by atoms with Crippen LogP contribution in [0.1, 0.15) is 0 Å². The Morgan fingerprint density at radius 1 is 1.00 bits per heavy atom. The van der Waals surface area contributed by atoms with Gasteiger partial charge in [-0.1, -0.05) is 0 Å². The van der Waals surface area contributed by atoms with E-state index in [-0.39, 0.29) is 19.8 Å². The van der Waals surface area contributed by atoms with Crippen molar-refractivity contribution in [1.29, 1.82) is 0 Å². The van der Waals surface area contributed by atoms with E-state index in [2.05, 4.69) is 9.47 Å². The summed E-state index contributed by atoms with van der Waals surface area (Å²) in [6.07, 6.45) is 0. The van der Waals surface area contributed by atoms with Gasteiger partial charge in [-0.05, 0) is 0 Å². The number of carbonyl (C=O) groups excluding carboxylic acids is 2. The quantitative estimate of drug-likeness (QED) is 0.314. The zero-order chi connectivity index (χ0) is 15.1. The van der Waals surface area contributed by atoms with Crippen LogP contribution < -0.4 is 5.11 Å². The first-order chi connectivity index (χ1) is 8.67. The molecule has 0 rings (SSSR count). The maximum atomic E-state index is 12.8. The molecule has 0 radical (unpaired) electrons. The molecule has 0 fully saturated rings. The lowest BCUT2D eigenvalue weighted by Gasteiger charge is -2.25. The number of methoxy groups -OCH3 is 1. The van der Waals surface area contributed by atoms with E-state index >= 15 is 0 Å². The van der Waals surface area contributed by atoms with Gasteiger partial charge in [0.2, 0.25) is 0 Å². The molecule has 6 nitrogen and oxygen atoms in total. The number of alkyl halides is 4. The smallest absolute Gasteiger partial charge is 0.410 e. The molecule has 0 atom stereocenters. The molecule has 0 unspecified atom stereocenters. The molecule has 0 spiro atoms. The molecule has 0 N–H and O–H groups in total. The molecule has 0 aromatic heterocycles. The summed E-state index contributed by atoms with van der Waals surface area (Å²) in [7, 11) is 1.38. The third-order valence-corrected chi connectivity index (χ3v) is 1.80. The topological polar surface area (TPSA) is 84.9 Å². The van der Waals surface area contributed by atoms with E-state index in [1.54, 1.807) is 0 Å². The Kier molecular flexibility index (Phi) is 6.70. The minimum atomic E-state index is -5.65. The monoisotopic (exact) mass is 291 g/mol. The number of halogens is 4. The van der Waals surface area contributed by atoms with E-state index in [0.29, 0.717) is 0 Å². The van der Waals surface area contributed by atoms with Gasteiger partial charge in [-0.15, -0.1) is 0 Å². The highest BCUT2D eigenvalue weighted by Crippen LogP contribution is 2.34. The van der Waals surface area contributed by atoms with Crippen LogP contribution in [-0.4, -0.2) is 57.3 Å². The molecule has 0 aromatic carbocycles. The first-order valence-corrected chi connectivity index (χ1v) is 4.89. The third kappa shape index (κ3) is 4.63. The van der Waals surface area contributed by atoms with Crippen LogP contribution in [0.25, 0.3) is 0 Å². The van der Waals surface area contributed by atoms with Crippen LogP contribution in [0.3, 0.4) is 0 Å². The first-order valence-electron chi connectivity index (χ1n) is 4.89. The summed E-state index contributed by atoms with van der Waals surface area (Å²) >= 11 is 0. The second kappa shape index (κ2) is 7.24. The zero-order valence-electron chi connectivity index (χ0n) is 9.79. The van der Waals surface area contributed by atoms with Gasteiger partial charge in [-0.3, -0.25) is 0 Å². The number of ether oxygens (including phenoxy) is 3. The number of rotatable bonds is 9. The number of esters is 1. The van der Waals surface area contributed by atoms with E-state index in [9.17, 15) is 32.3 Å². The summed E-state index contributed by atoms with van der Waals surface area (Å²) in [5.74, 6) is -17.2. The molecule has 0 saturated heterocycles. The van der Waals surface area contributed by atoms with Gasteiger partial charge in [-0.2, -0.15) is 17.6 Å². The van der Waals surface area contributed by atoms with Crippen LogP contribution in [0.4, 0.5) is 17.6 Å². The standard InChI is InChI=1S/C9H12F4O6/c1-17-2-3-18-4-5-19-7(16)9(12,13)8(10,11)6(14)15/h2-5H2,1H3,(H,14,15)/p-1. The third-order valence-electron chi connectivity index (χ3n) is 1.80. The fraction of sp³-hybridized carbons (Fsp3) is 0.778. The Balaban J connectivity index is 4.23. The Bertz CT molecular complexity index is 320. The van der Waals surface area contributed by atoms with Crippen molar-refractivity contribution in [3.63, 3.8) is 0 Å². The van der Waals surface area contributed by atoms with E-state index in [4.69, 9.17) is 4.74 Å². The Morgan fingerprint density at radius 3 is 2.00 bits per heavy atom. The molecule has 0 aromatic rings. The van der Waals surface area contributed by atoms with Crippen molar-refractivity contribution in [3.8, 4) is 0 Å². The van der Waals surface area contributed by atoms with E-state index in [1.807, 2.05) is 0 Å². The maximum Gasteiger partial charge on any atom is 0.410 e. The fourth-order valence-corrected chi connectivity index (χ4v) is 0.785. The Morgan fingerprint density at radius 2 is 1.53 bits per heavy atom. The van der Waals surface area contributed by atoms with Crippen LogP contribution in [-0.2, 0) is 23.8 Å². The molecule has 112 valence electrons. The normalized spacial score (nSPS) is 12.3. The number of hydrogen-bond donors (Lipinski definition) is 0. The van der Waals surface area contributed by atoms with Gasteiger partial charge in [0, 0.05) is 7.11 Å². The molecule has 0 amide bonds. The summed E-state index contributed by atoms with van der Waals surface area (Å²) in [6.45, 7) is -0.782. The lowest BCUT2D eigenvalue weighted by atomic mass is 10.2. The molecule has 0 aliphatic heterocycles. The van der Waals surface area contributed by atoms with Gasteiger partial charge >= 0.3 is 17.8 Å². The van der Waals surface area contributed by atoms with Crippen LogP contribution in [0.15, 0.2) is 0 Å². The molecule has 10 heteroatoms. The first kappa shape index (κ1) is 17.6. The van der Waals surface area contributed by atoms with Crippen molar-refractivity contribution in [2.45, 2.75) is 11.8 Å². The highest BCUT2D eigenvalue weighted by molar-refractivity contribution is 5.88. The summed E-state index contributed by atoms with van der Waals surface area (Å²) in [5, 5.41) is 9.83. The molecule has 0 bridgehead atoms. The number of aliphatic carboxylic acids is 1. The van der Waals surface area contributed by atoms with Gasteiger partial charge < -0.3 is 24.1 Å². The van der Waals surface area contributed by atoms with Gasteiger partial charge in [0.15, 0.2) is 0 Å². The Hall–Kier alpha value is -1.42. The van der Waals surface area contributed by atoms with Crippen molar-refractivity contribution in [3.05, 3.63) is 0 Å². The molecule has 19 heavy (non-hydrogen) atoms. The van der Waals surface area contributed by atoms with Crippen LogP contribution in [0, 0.1) is 0 Å². The summed E-state index contributed by atoms with van der Waals surface area (Å²) in [5.41, 5.74) is 0. The number of hydrogen-bond acceptors (Lipinski definition) is 6. The highest BCUT2D eigenvalue weighted by atomic mass is 19.3. The van der Waals surface area contributed by atoms with E-state index in [0.717, 1.165) is 0 Å². The van der Waals surface area contributed by atoms with Crippen molar-refractivity contribution < 1.29 is 46.5 Å². The van der Waals surface area contributed by atoms with Crippen LogP contribution in [0.2, 0.25) is 0 Å². The van der Waals surface area contributed by atoms with E-state index in [1.165, 1.54) is 7.11 Å². The minimum Gasteiger partial charge on any atom is -0.544 e. The zero-order valence-corrected chi connectivity index (χ0v) is 9.79. The lowest BCUT2D eigenvalue weighted by Crippen LogP contribution is -2.58. The van der Waals surface area contributed by atoms with Crippen LogP contribution in [0.5, 0.6) is 0 Å². The minimum absolute atomic E-state index is 0.0830. The lowest BCUT2D eigenvalue weighted by molar-refractivity contribution is -0.346. The molecule has 0 saturated carbocycles. The average Bonchev–Trinajstić information content (AvgIpc) is 2.32. The van der Waals surface area contributed by atoms with Crippen molar-refractivity contribution in [1.82, 2.24) is 0 Å². The van der Waals surface area contributed by atoms with Crippen LogP contribution >= 0.6 is 0 Å². The average molecular weight is 291 g/mol. The van der Waals surface area contributed by atoms with E-state index < -0.39 is 30.4 Å². The number of carbonyl (C=O) groups is 2. The molecule has 0 aliphatic carbocycles. The van der Waals surface area contributed by atoms with Crippen molar-refractivity contribution in [2.24, 2.45) is 0 Å². The molecule has 0 heterocycles. The fourth-order valence-electron chi connectivity index (χ4n) is 0.785. The summed E-state index contributed by atoms with van der Waals surface area (Å²) in [4.78, 5) is 20.5. The summed E-state index contributed by atoms with van der Waals surface area (Å²) < 4.78 is 63.6. The van der Waals surface area contributed by atoms with Gasteiger partial charge in [0.05, 0.1) is 19.8 Å². The predicted octanol–water partition coefficient (Wildman–Crippen LogP) is -0.787. The van der Waals surface area contributed by atoms with Gasteiger partial charge in [-0.25, -0.2) is 4.79 Å². The van der Waals surface area contributed by atoms with Crippen molar-refractivity contribution in [2.75, 3.05) is 33.5 Å². The maximum absolute atomic E-state index is 12.8. The predicted molar refractivity (Wildman–Crippen MR) is 48.6 cm³/mol. The largest absolute Gasteiger partial charge is 0.544 e. The second-order valence-corrected chi connectivity index (χ2v) is 3.18. The number of carboxylic acid groups (broad SMARTS) is 1. The molecular weight excluding hydrogens is 280 g/mol. The second-order valence-electron chi connectivity index (χ2n) is 3.18. The SMILES string of the molecule is COCCOCCOC(=O)C(F)(F)C(F)(F)C(=O)[O-].